The molecule has 1 aliphatic rings. The molecule has 1 atom stereocenters. The summed E-state index contributed by atoms with van der Waals surface area (Å²) in [6.07, 6.45) is 0. The average Bonchev–Trinajstić information content (AvgIpc) is 2.13. The maximum absolute atomic E-state index is 10.8. The molecule has 0 saturated carbocycles. The van der Waals surface area contributed by atoms with Crippen molar-refractivity contribution in [1.29, 1.82) is 0 Å². The van der Waals surface area contributed by atoms with Crippen molar-refractivity contribution < 1.29 is 9.59 Å². The van der Waals surface area contributed by atoms with Crippen molar-refractivity contribution >= 4 is 26.9 Å². The molecule has 0 spiro atoms. The Hall–Kier alpha value is -0.541. The second-order valence-electron chi connectivity index (χ2n) is 1.97. The van der Waals surface area contributed by atoms with Gasteiger partial charge in [0.2, 0.25) is 0 Å². The fourth-order valence-corrected chi connectivity index (χ4v) is 1.93. The van der Waals surface area contributed by atoms with Gasteiger partial charge in [-0.05, 0) is 0 Å². The van der Waals surface area contributed by atoms with Gasteiger partial charge < -0.3 is 0 Å². The average molecular weight is 207 g/mol. The molecule has 0 aliphatic carbocycles. The molecular formula is C5H8N2O2Se. The van der Waals surface area contributed by atoms with E-state index in [1.165, 1.54) is 0 Å². The molecule has 0 radical (unpaired) electrons. The summed E-state index contributed by atoms with van der Waals surface area (Å²) < 4.78 is 0. The normalized spacial score (nSPS) is 24.3. The summed E-state index contributed by atoms with van der Waals surface area (Å²) in [7, 11) is 0. The van der Waals surface area contributed by atoms with Crippen LogP contribution in [0.1, 0.15) is 0 Å². The van der Waals surface area contributed by atoms with Crippen LogP contribution in [0.15, 0.2) is 0 Å². The molecule has 3 amide bonds. The molecule has 0 aromatic rings. The first-order valence-corrected chi connectivity index (χ1v) is 5.77. The van der Waals surface area contributed by atoms with Gasteiger partial charge in [-0.25, -0.2) is 0 Å². The van der Waals surface area contributed by atoms with E-state index in [0.717, 1.165) is 5.32 Å². The second kappa shape index (κ2) is 3.03. The van der Waals surface area contributed by atoms with Gasteiger partial charge in [0.15, 0.2) is 0 Å². The van der Waals surface area contributed by atoms with Crippen LogP contribution in [-0.4, -0.2) is 32.9 Å². The third kappa shape index (κ3) is 1.49. The van der Waals surface area contributed by atoms with Gasteiger partial charge in [-0.1, -0.05) is 0 Å². The Balaban J connectivity index is 2.46. The molecule has 1 unspecified atom stereocenters. The van der Waals surface area contributed by atoms with E-state index >= 15 is 0 Å². The van der Waals surface area contributed by atoms with Crippen LogP contribution >= 0.6 is 0 Å². The predicted octanol–water partition coefficient (Wildman–Crippen LogP) is -0.635. The first-order valence-electron chi connectivity index (χ1n) is 2.84. The number of rotatable bonds is 2. The number of nitrogens with one attached hydrogen (secondary N) is 2. The molecule has 4 nitrogen and oxygen atoms in total. The third-order valence-electron chi connectivity index (χ3n) is 1.19. The van der Waals surface area contributed by atoms with Crippen molar-refractivity contribution in [2.75, 3.05) is 0 Å². The van der Waals surface area contributed by atoms with Crippen LogP contribution in [0.25, 0.3) is 0 Å². The summed E-state index contributed by atoms with van der Waals surface area (Å²) in [6.45, 7) is 0. The van der Waals surface area contributed by atoms with E-state index in [4.69, 9.17) is 0 Å². The molecule has 1 saturated heterocycles. The molecule has 1 heterocycles. The fraction of sp³-hybridized carbons (Fsp3) is 0.600. The Morgan fingerprint density at radius 1 is 1.60 bits per heavy atom. The number of hydrogen-bond donors (Lipinski definition) is 2. The summed E-state index contributed by atoms with van der Waals surface area (Å²) in [6, 6.07) is -0.628. The van der Waals surface area contributed by atoms with Gasteiger partial charge in [0.25, 0.3) is 0 Å². The van der Waals surface area contributed by atoms with Crippen LogP contribution in [0.3, 0.4) is 0 Å². The van der Waals surface area contributed by atoms with E-state index in [-0.39, 0.29) is 18.0 Å². The fourth-order valence-electron chi connectivity index (χ4n) is 0.743. The Morgan fingerprint density at radius 3 is 2.70 bits per heavy atom. The first kappa shape index (κ1) is 7.57. The molecule has 5 heteroatoms. The summed E-state index contributed by atoms with van der Waals surface area (Å²) in [4.78, 5) is 21.3. The molecule has 0 aromatic heterocycles. The van der Waals surface area contributed by atoms with Crippen LogP contribution in [0.5, 0.6) is 0 Å². The number of hydrogen-bond acceptors (Lipinski definition) is 2. The second-order valence-corrected chi connectivity index (χ2v) is 3.88. The molecule has 1 rings (SSSR count). The van der Waals surface area contributed by atoms with Gasteiger partial charge in [-0.15, -0.1) is 0 Å². The molecule has 0 aromatic carbocycles. The Kier molecular flexibility index (Phi) is 2.29. The van der Waals surface area contributed by atoms with Gasteiger partial charge in [0, 0.05) is 0 Å². The topological polar surface area (TPSA) is 58.2 Å². The summed E-state index contributed by atoms with van der Waals surface area (Å²) >= 11 is 0.430. The van der Waals surface area contributed by atoms with Crippen molar-refractivity contribution in [2.45, 2.75) is 17.2 Å². The van der Waals surface area contributed by atoms with Crippen LogP contribution < -0.4 is 10.6 Å². The third-order valence-corrected chi connectivity index (χ3v) is 2.59. The van der Waals surface area contributed by atoms with Crippen molar-refractivity contribution in [1.82, 2.24) is 10.6 Å². The van der Waals surface area contributed by atoms with Crippen LogP contribution in [0.2, 0.25) is 11.1 Å². The number of carbonyl (C=O) groups excluding carboxylic acids is 2. The molecule has 2 N–H and O–H groups in total. The van der Waals surface area contributed by atoms with Crippen molar-refractivity contribution in [2.24, 2.45) is 0 Å². The monoisotopic (exact) mass is 208 g/mol. The summed E-state index contributed by atoms with van der Waals surface area (Å²) in [5, 5.41) is 5.48. The van der Waals surface area contributed by atoms with Gasteiger partial charge in [-0.3, -0.25) is 0 Å². The number of carbonyl (C=O) groups is 2. The van der Waals surface area contributed by atoms with Gasteiger partial charge >= 0.3 is 64.3 Å². The maximum atomic E-state index is 10.8. The minimum atomic E-state index is -0.362. The van der Waals surface area contributed by atoms with E-state index in [2.05, 4.69) is 10.6 Å². The van der Waals surface area contributed by atoms with Gasteiger partial charge in [0.1, 0.15) is 0 Å². The van der Waals surface area contributed by atoms with E-state index in [9.17, 15) is 9.59 Å². The van der Waals surface area contributed by atoms with Gasteiger partial charge in [0.05, 0.1) is 0 Å². The zero-order chi connectivity index (χ0) is 7.56. The van der Waals surface area contributed by atoms with Crippen LogP contribution in [-0.2, 0) is 4.79 Å². The van der Waals surface area contributed by atoms with Crippen LogP contribution in [0.4, 0.5) is 4.79 Å². The number of amides is 3. The quantitative estimate of drug-likeness (QED) is 0.467. The van der Waals surface area contributed by atoms with Crippen molar-refractivity contribution in [3.05, 3.63) is 0 Å². The molecule has 0 bridgehead atoms. The van der Waals surface area contributed by atoms with Crippen LogP contribution in [0, 0.1) is 0 Å². The summed E-state index contributed by atoms with van der Waals surface area (Å²) in [5.41, 5.74) is 0. The summed E-state index contributed by atoms with van der Waals surface area (Å²) in [5.74, 6) is 1.85. The Morgan fingerprint density at radius 2 is 2.30 bits per heavy atom. The van der Waals surface area contributed by atoms with E-state index < -0.39 is 0 Å². The zero-order valence-electron chi connectivity index (χ0n) is 5.51. The Labute approximate surface area is 64.9 Å². The Bertz CT molecular complexity index is 171. The van der Waals surface area contributed by atoms with Gasteiger partial charge in [-0.2, -0.15) is 0 Å². The van der Waals surface area contributed by atoms with Crippen molar-refractivity contribution in [3.8, 4) is 0 Å². The number of imide groups is 1. The SMILES string of the molecule is C[Se]CC1NC(=O)NC1=O. The molecular weight excluding hydrogens is 199 g/mol. The molecule has 56 valence electrons. The minimum absolute atomic E-state index is 0.186. The van der Waals surface area contributed by atoms with E-state index in [1.54, 1.807) is 0 Å². The van der Waals surface area contributed by atoms with E-state index in [0.29, 0.717) is 15.0 Å². The number of urea groups is 1. The predicted molar refractivity (Wildman–Crippen MR) is 36.9 cm³/mol. The molecule has 1 aliphatic heterocycles. The van der Waals surface area contributed by atoms with Crippen molar-refractivity contribution in [3.63, 3.8) is 0 Å². The molecule has 10 heavy (non-hydrogen) atoms. The molecule has 1 fully saturated rings. The van der Waals surface area contributed by atoms with E-state index in [1.807, 2.05) is 5.82 Å². The standard InChI is InChI=1S/C5H8N2O2Se/c1-10-2-3-4(8)7-5(9)6-3/h3H,2H2,1H3,(H2,6,7,8,9). The zero-order valence-corrected chi connectivity index (χ0v) is 7.22. The first-order chi connectivity index (χ1) is 4.74.